The second kappa shape index (κ2) is 3.89. The molecule has 3 heterocycles. The van der Waals surface area contributed by atoms with Gasteiger partial charge in [-0.15, -0.1) is 0 Å². The van der Waals surface area contributed by atoms with Crippen LogP contribution in [0.25, 0.3) is 21.9 Å². The van der Waals surface area contributed by atoms with Gasteiger partial charge >= 0.3 is 13.1 Å². The van der Waals surface area contributed by atoms with E-state index >= 15 is 0 Å². The predicted molar refractivity (Wildman–Crippen MR) is 69.8 cm³/mol. The molecule has 1 fully saturated rings. The van der Waals surface area contributed by atoms with Gasteiger partial charge in [0.25, 0.3) is 0 Å². The maximum atomic E-state index is 11.3. The van der Waals surface area contributed by atoms with Gasteiger partial charge in [0.05, 0.1) is 29.6 Å². The van der Waals surface area contributed by atoms with Crippen molar-refractivity contribution in [3.05, 3.63) is 40.9 Å². The summed E-state index contributed by atoms with van der Waals surface area (Å²) in [5.74, 6) is 0.667. The Labute approximate surface area is 108 Å². The van der Waals surface area contributed by atoms with Gasteiger partial charge < -0.3 is 18.2 Å². The maximum absolute atomic E-state index is 11.3. The summed E-state index contributed by atoms with van der Waals surface area (Å²) in [5.41, 5.74) is 0.699. The standard InChI is InChI=1S/C13H9BO5/c15-12-2-1-7-10(18-12)5-9-8(3-4-16-9)13(7)19-14-11-6-17-11/h1-5,11,14H,6H2. The number of hydrogen-bond donors (Lipinski definition) is 0. The molecule has 5 nitrogen and oxygen atoms in total. The molecule has 4 rings (SSSR count). The highest BCUT2D eigenvalue weighted by Gasteiger charge is 2.27. The molecule has 1 atom stereocenters. The summed E-state index contributed by atoms with van der Waals surface area (Å²) in [4.78, 5) is 11.3. The van der Waals surface area contributed by atoms with Crippen molar-refractivity contribution in [2.24, 2.45) is 0 Å². The van der Waals surface area contributed by atoms with Gasteiger partial charge in [0.2, 0.25) is 0 Å². The molecule has 0 N–H and O–H groups in total. The number of fused-ring (bicyclic) bond motifs is 2. The molecule has 19 heavy (non-hydrogen) atoms. The van der Waals surface area contributed by atoms with E-state index in [1.165, 1.54) is 6.07 Å². The molecule has 6 heteroatoms. The SMILES string of the molecule is O=c1ccc2c(OBC3CO3)c3ccoc3cc2o1. The fraction of sp³-hybridized carbons (Fsp3) is 0.154. The van der Waals surface area contributed by atoms with Gasteiger partial charge in [-0.3, -0.25) is 0 Å². The first-order valence-electron chi connectivity index (χ1n) is 6.00. The fourth-order valence-electron chi connectivity index (χ4n) is 2.11. The van der Waals surface area contributed by atoms with Crippen molar-refractivity contribution in [3.63, 3.8) is 0 Å². The van der Waals surface area contributed by atoms with Crippen LogP contribution in [0.4, 0.5) is 0 Å². The van der Waals surface area contributed by atoms with Crippen LogP contribution in [0, 0.1) is 0 Å². The van der Waals surface area contributed by atoms with E-state index in [4.69, 9.17) is 18.2 Å². The lowest BCUT2D eigenvalue weighted by atomic mass is 9.95. The summed E-state index contributed by atoms with van der Waals surface area (Å²) >= 11 is 0. The molecular formula is C13H9BO5. The van der Waals surface area contributed by atoms with Crippen molar-refractivity contribution in [2.75, 3.05) is 6.61 Å². The molecule has 94 valence electrons. The molecule has 0 aliphatic carbocycles. The zero-order valence-electron chi connectivity index (χ0n) is 9.92. The van der Waals surface area contributed by atoms with Crippen LogP contribution in [0.2, 0.25) is 0 Å². The zero-order valence-corrected chi connectivity index (χ0v) is 9.92. The van der Waals surface area contributed by atoms with Crippen molar-refractivity contribution >= 4 is 29.4 Å². The van der Waals surface area contributed by atoms with Crippen LogP contribution < -0.4 is 10.3 Å². The molecule has 3 aromatic rings. The monoisotopic (exact) mass is 256 g/mol. The minimum Gasteiger partial charge on any atom is -0.560 e. The summed E-state index contributed by atoms with van der Waals surface area (Å²) in [6.45, 7) is 0.731. The fourth-order valence-corrected chi connectivity index (χ4v) is 2.11. The second-order valence-corrected chi connectivity index (χ2v) is 4.47. The van der Waals surface area contributed by atoms with E-state index < -0.39 is 5.63 Å². The molecule has 0 radical (unpaired) electrons. The Morgan fingerprint density at radius 1 is 1.21 bits per heavy atom. The molecule has 0 spiro atoms. The number of benzene rings is 1. The molecule has 1 aliphatic rings. The Morgan fingerprint density at radius 3 is 2.89 bits per heavy atom. The van der Waals surface area contributed by atoms with Gasteiger partial charge in [-0.25, -0.2) is 4.79 Å². The van der Waals surface area contributed by atoms with Crippen LogP contribution in [-0.2, 0) is 4.74 Å². The molecule has 0 saturated carbocycles. The van der Waals surface area contributed by atoms with E-state index in [-0.39, 0.29) is 6.00 Å². The summed E-state index contributed by atoms with van der Waals surface area (Å²) in [6, 6.07) is 6.79. The smallest absolute Gasteiger partial charge is 0.371 e. The first-order valence-corrected chi connectivity index (χ1v) is 6.00. The predicted octanol–water partition coefficient (Wildman–Crippen LogP) is 1.63. The third-order valence-electron chi connectivity index (χ3n) is 3.12. The molecule has 1 aromatic carbocycles. The maximum Gasteiger partial charge on any atom is 0.371 e. The van der Waals surface area contributed by atoms with E-state index in [9.17, 15) is 4.79 Å². The average molecular weight is 256 g/mol. The van der Waals surface area contributed by atoms with Gasteiger partial charge in [-0.2, -0.15) is 0 Å². The van der Waals surface area contributed by atoms with E-state index in [1.807, 2.05) is 6.07 Å². The lowest BCUT2D eigenvalue weighted by Crippen LogP contribution is -2.10. The highest BCUT2D eigenvalue weighted by Crippen LogP contribution is 2.35. The van der Waals surface area contributed by atoms with Crippen LogP contribution >= 0.6 is 0 Å². The van der Waals surface area contributed by atoms with Crippen molar-refractivity contribution < 1.29 is 18.2 Å². The first kappa shape index (κ1) is 10.7. The Balaban J connectivity index is 1.96. The largest absolute Gasteiger partial charge is 0.560 e. The molecule has 2 aromatic heterocycles. The quantitative estimate of drug-likeness (QED) is 0.404. The first-order chi connectivity index (χ1) is 9.31. The van der Waals surface area contributed by atoms with Gasteiger partial charge in [0.1, 0.15) is 16.9 Å². The van der Waals surface area contributed by atoms with E-state index in [0.717, 1.165) is 17.4 Å². The third-order valence-corrected chi connectivity index (χ3v) is 3.12. The van der Waals surface area contributed by atoms with Crippen LogP contribution in [0.5, 0.6) is 5.75 Å². The highest BCUT2D eigenvalue weighted by atomic mass is 16.6. The molecule has 0 bridgehead atoms. The number of hydrogen-bond acceptors (Lipinski definition) is 5. The lowest BCUT2D eigenvalue weighted by Gasteiger charge is -2.08. The van der Waals surface area contributed by atoms with Crippen molar-refractivity contribution in [1.82, 2.24) is 0 Å². The Bertz CT molecular complexity index is 815. The summed E-state index contributed by atoms with van der Waals surface area (Å²) in [5, 5.41) is 1.62. The minimum absolute atomic E-state index is 0.160. The van der Waals surface area contributed by atoms with Crippen LogP contribution in [-0.4, -0.2) is 20.1 Å². The van der Waals surface area contributed by atoms with Crippen LogP contribution in [0.15, 0.2) is 44.2 Å². The Kier molecular flexibility index (Phi) is 2.19. The van der Waals surface area contributed by atoms with Gasteiger partial charge in [0.15, 0.2) is 0 Å². The number of ether oxygens (including phenoxy) is 1. The zero-order chi connectivity index (χ0) is 12.8. The highest BCUT2D eigenvalue weighted by molar-refractivity contribution is 6.32. The van der Waals surface area contributed by atoms with Gasteiger partial charge in [0, 0.05) is 12.1 Å². The lowest BCUT2D eigenvalue weighted by molar-refractivity contribution is 0.440. The molecule has 1 unspecified atom stereocenters. The minimum atomic E-state index is -0.394. The summed E-state index contributed by atoms with van der Waals surface area (Å²) < 4.78 is 21.5. The molecular weight excluding hydrogens is 247 g/mol. The van der Waals surface area contributed by atoms with E-state index in [2.05, 4.69) is 0 Å². The van der Waals surface area contributed by atoms with Crippen molar-refractivity contribution in [1.29, 1.82) is 0 Å². The average Bonchev–Trinajstić information content (AvgIpc) is 3.11. The third kappa shape index (κ3) is 1.81. The normalized spacial score (nSPS) is 17.8. The summed E-state index contributed by atoms with van der Waals surface area (Å²) in [7, 11) is 0.485. The topological polar surface area (TPSA) is 65.1 Å². The van der Waals surface area contributed by atoms with E-state index in [0.29, 0.717) is 24.4 Å². The Hall–Kier alpha value is -2.21. The molecule has 1 aliphatic heterocycles. The number of epoxide rings is 1. The number of furan rings is 1. The van der Waals surface area contributed by atoms with E-state index in [1.54, 1.807) is 18.4 Å². The van der Waals surface area contributed by atoms with Crippen molar-refractivity contribution in [2.45, 2.75) is 6.00 Å². The molecule has 0 amide bonds. The molecule has 1 saturated heterocycles. The summed E-state index contributed by atoms with van der Waals surface area (Å²) in [6.07, 6.45) is 1.59. The van der Waals surface area contributed by atoms with Crippen LogP contribution in [0.1, 0.15) is 0 Å². The number of rotatable bonds is 3. The van der Waals surface area contributed by atoms with Crippen LogP contribution in [0.3, 0.4) is 0 Å². The second-order valence-electron chi connectivity index (χ2n) is 4.47. The van der Waals surface area contributed by atoms with Gasteiger partial charge in [-0.1, -0.05) is 0 Å². The van der Waals surface area contributed by atoms with Crippen molar-refractivity contribution in [3.8, 4) is 5.75 Å². The van der Waals surface area contributed by atoms with Gasteiger partial charge in [-0.05, 0) is 12.1 Å². The Morgan fingerprint density at radius 2 is 2.05 bits per heavy atom.